The zero-order valence-corrected chi connectivity index (χ0v) is 14.6. The molecule has 0 saturated carbocycles. The van der Waals surface area contributed by atoms with Crippen molar-refractivity contribution < 1.29 is 14.2 Å². The van der Waals surface area contributed by atoms with Gasteiger partial charge in [0.25, 0.3) is 0 Å². The van der Waals surface area contributed by atoms with Crippen LogP contribution in [0, 0.1) is 5.82 Å². The van der Waals surface area contributed by atoms with Crippen LogP contribution in [0.2, 0.25) is 0 Å². The number of aliphatic hydroxyl groups excluding tert-OH is 1. The summed E-state index contributed by atoms with van der Waals surface area (Å²) in [5, 5.41) is 10.5. The minimum absolute atomic E-state index is 0.176. The van der Waals surface area contributed by atoms with Crippen LogP contribution in [0.5, 0.6) is 5.75 Å². The van der Waals surface area contributed by atoms with Crippen LogP contribution in [-0.2, 0) is 0 Å². The van der Waals surface area contributed by atoms with E-state index in [1.54, 1.807) is 6.07 Å². The third-order valence-electron chi connectivity index (χ3n) is 4.57. The maximum absolute atomic E-state index is 13.9. The Morgan fingerprint density at radius 2 is 1.72 bits per heavy atom. The topological polar surface area (TPSA) is 35.9 Å². The molecule has 1 heterocycles. The molecule has 0 spiro atoms. The number of hydrogen-bond acceptors (Lipinski definition) is 4. The van der Waals surface area contributed by atoms with Crippen LogP contribution in [0.1, 0.15) is 18.6 Å². The number of benzene rings is 2. The number of anilines is 1. The normalized spacial score (nSPS) is 16.7. The maximum Gasteiger partial charge on any atom is 0.146 e. The van der Waals surface area contributed by atoms with E-state index in [-0.39, 0.29) is 5.82 Å². The molecule has 134 valence electrons. The number of β-amino-alcohol motifs (C(OH)–C–C–N with tert-alkyl or cyclic N) is 1. The van der Waals surface area contributed by atoms with Gasteiger partial charge in [0.2, 0.25) is 0 Å². The van der Waals surface area contributed by atoms with Crippen LogP contribution in [0.4, 0.5) is 10.1 Å². The van der Waals surface area contributed by atoms with Crippen LogP contribution >= 0.6 is 0 Å². The quantitative estimate of drug-likeness (QED) is 0.874. The van der Waals surface area contributed by atoms with Crippen molar-refractivity contribution >= 4 is 5.69 Å². The standard InChI is InChI=1S/C20H25FN2O2/c1-2-25-17-9-7-16(8-10-17)20(24)15-22-11-13-23(14-12-22)19-6-4-3-5-18(19)21/h3-10,20,24H,2,11-15H2,1H3/t20-/m0/s1. The van der Waals surface area contributed by atoms with Gasteiger partial charge in [-0.2, -0.15) is 0 Å². The van der Waals surface area contributed by atoms with Crippen LogP contribution in [0.25, 0.3) is 0 Å². The summed E-state index contributed by atoms with van der Waals surface area (Å²) < 4.78 is 19.3. The third kappa shape index (κ3) is 4.50. The molecule has 1 fully saturated rings. The first kappa shape index (κ1) is 17.7. The molecule has 1 aliphatic heterocycles. The lowest BCUT2D eigenvalue weighted by Gasteiger charge is -2.37. The van der Waals surface area contributed by atoms with E-state index in [1.807, 2.05) is 43.3 Å². The first-order valence-electron chi connectivity index (χ1n) is 8.80. The minimum Gasteiger partial charge on any atom is -0.494 e. The fraction of sp³-hybridized carbons (Fsp3) is 0.400. The SMILES string of the molecule is CCOc1ccc([C@@H](O)CN2CCN(c3ccccc3F)CC2)cc1. The molecule has 3 rings (SSSR count). The molecule has 1 atom stereocenters. The van der Waals surface area contributed by atoms with Crippen molar-refractivity contribution in [3.63, 3.8) is 0 Å². The average molecular weight is 344 g/mol. The van der Waals surface area contributed by atoms with Crippen molar-refractivity contribution in [3.8, 4) is 5.75 Å². The lowest BCUT2D eigenvalue weighted by Crippen LogP contribution is -2.47. The van der Waals surface area contributed by atoms with Crippen LogP contribution in [0.3, 0.4) is 0 Å². The van der Waals surface area contributed by atoms with Gasteiger partial charge in [-0.3, -0.25) is 4.90 Å². The van der Waals surface area contributed by atoms with Crippen molar-refractivity contribution in [1.29, 1.82) is 0 Å². The smallest absolute Gasteiger partial charge is 0.146 e. The van der Waals surface area contributed by atoms with E-state index in [0.29, 0.717) is 18.8 Å². The second kappa shape index (κ2) is 8.32. The van der Waals surface area contributed by atoms with Crippen molar-refractivity contribution in [2.75, 3.05) is 44.2 Å². The number of nitrogens with zero attached hydrogens (tertiary/aromatic N) is 2. The Morgan fingerprint density at radius 1 is 1.04 bits per heavy atom. The number of aliphatic hydroxyl groups is 1. The summed E-state index contributed by atoms with van der Waals surface area (Å²) in [4.78, 5) is 4.29. The van der Waals surface area contributed by atoms with Gasteiger partial charge in [-0.05, 0) is 36.8 Å². The summed E-state index contributed by atoms with van der Waals surface area (Å²) in [6, 6.07) is 14.5. The second-order valence-corrected chi connectivity index (χ2v) is 6.26. The zero-order chi connectivity index (χ0) is 17.6. The Kier molecular flexibility index (Phi) is 5.89. The van der Waals surface area contributed by atoms with Crippen molar-refractivity contribution in [3.05, 3.63) is 59.9 Å². The zero-order valence-electron chi connectivity index (χ0n) is 14.6. The first-order valence-corrected chi connectivity index (χ1v) is 8.80. The molecule has 5 heteroatoms. The van der Waals surface area contributed by atoms with Crippen molar-refractivity contribution in [2.24, 2.45) is 0 Å². The number of halogens is 1. The van der Waals surface area contributed by atoms with E-state index in [0.717, 1.165) is 37.5 Å². The van der Waals surface area contributed by atoms with E-state index in [2.05, 4.69) is 9.80 Å². The fourth-order valence-electron chi connectivity index (χ4n) is 3.18. The molecule has 0 aliphatic carbocycles. The first-order chi connectivity index (χ1) is 12.2. The molecule has 1 aliphatic rings. The Hall–Kier alpha value is -2.11. The van der Waals surface area contributed by atoms with E-state index < -0.39 is 6.10 Å². The highest BCUT2D eigenvalue weighted by molar-refractivity contribution is 5.48. The third-order valence-corrected chi connectivity index (χ3v) is 4.57. The fourth-order valence-corrected chi connectivity index (χ4v) is 3.18. The van der Waals surface area contributed by atoms with Crippen molar-refractivity contribution in [1.82, 2.24) is 4.90 Å². The Labute approximate surface area is 148 Å². The summed E-state index contributed by atoms with van der Waals surface area (Å²) in [5.41, 5.74) is 1.55. The molecule has 2 aromatic rings. The highest BCUT2D eigenvalue weighted by Crippen LogP contribution is 2.22. The molecule has 0 amide bonds. The van der Waals surface area contributed by atoms with Gasteiger partial charge in [0.05, 0.1) is 18.4 Å². The van der Waals surface area contributed by atoms with Crippen molar-refractivity contribution in [2.45, 2.75) is 13.0 Å². The number of piperazine rings is 1. The number of rotatable bonds is 6. The summed E-state index contributed by atoms with van der Waals surface area (Å²) >= 11 is 0. The molecule has 1 N–H and O–H groups in total. The van der Waals surface area contributed by atoms with Crippen LogP contribution in [0.15, 0.2) is 48.5 Å². The maximum atomic E-state index is 13.9. The Balaban J connectivity index is 1.52. The number of para-hydroxylation sites is 1. The highest BCUT2D eigenvalue weighted by Gasteiger charge is 2.21. The van der Waals surface area contributed by atoms with Gasteiger partial charge in [0.15, 0.2) is 0 Å². The molecule has 0 radical (unpaired) electrons. The van der Waals surface area contributed by atoms with Crippen LogP contribution < -0.4 is 9.64 Å². The van der Waals surface area contributed by atoms with Gasteiger partial charge in [0.1, 0.15) is 11.6 Å². The summed E-state index contributed by atoms with van der Waals surface area (Å²) in [7, 11) is 0. The molecule has 1 saturated heterocycles. The lowest BCUT2D eigenvalue weighted by atomic mass is 10.1. The van der Waals surface area contributed by atoms with Gasteiger partial charge in [-0.1, -0.05) is 24.3 Å². The molecule has 0 unspecified atom stereocenters. The molecule has 0 aromatic heterocycles. The van der Waals surface area contributed by atoms with E-state index in [1.165, 1.54) is 6.07 Å². The summed E-state index contributed by atoms with van der Waals surface area (Å²) in [5.74, 6) is 0.641. The minimum atomic E-state index is -0.532. The Bertz CT molecular complexity index is 670. The van der Waals surface area contributed by atoms with E-state index in [4.69, 9.17) is 4.74 Å². The molecule has 4 nitrogen and oxygen atoms in total. The average Bonchev–Trinajstić information content (AvgIpc) is 2.64. The van der Waals surface area contributed by atoms with Crippen LogP contribution in [-0.4, -0.2) is 49.3 Å². The second-order valence-electron chi connectivity index (χ2n) is 6.26. The molecular formula is C20H25FN2O2. The van der Waals surface area contributed by atoms with E-state index >= 15 is 0 Å². The van der Waals surface area contributed by atoms with E-state index in [9.17, 15) is 9.50 Å². The summed E-state index contributed by atoms with van der Waals surface area (Å²) in [6.07, 6.45) is -0.532. The van der Waals surface area contributed by atoms with Gasteiger partial charge < -0.3 is 14.7 Å². The predicted molar refractivity (Wildman–Crippen MR) is 97.6 cm³/mol. The van der Waals surface area contributed by atoms with Gasteiger partial charge in [-0.15, -0.1) is 0 Å². The monoisotopic (exact) mass is 344 g/mol. The number of ether oxygens (including phenoxy) is 1. The van der Waals surface area contributed by atoms with Gasteiger partial charge in [0, 0.05) is 32.7 Å². The summed E-state index contributed by atoms with van der Waals surface area (Å²) in [6.45, 7) is 6.30. The van der Waals surface area contributed by atoms with Gasteiger partial charge >= 0.3 is 0 Å². The Morgan fingerprint density at radius 3 is 2.36 bits per heavy atom. The largest absolute Gasteiger partial charge is 0.494 e. The van der Waals surface area contributed by atoms with Gasteiger partial charge in [-0.25, -0.2) is 4.39 Å². The molecule has 0 bridgehead atoms. The molecule has 25 heavy (non-hydrogen) atoms. The number of hydrogen-bond donors (Lipinski definition) is 1. The predicted octanol–water partition coefficient (Wildman–Crippen LogP) is 3.08. The molecule has 2 aromatic carbocycles. The lowest BCUT2D eigenvalue weighted by molar-refractivity contribution is 0.109. The molecular weight excluding hydrogens is 319 g/mol. The highest BCUT2D eigenvalue weighted by atomic mass is 19.1.